The Balaban J connectivity index is 2.02. The minimum Gasteiger partial charge on any atom is -0.336 e. The number of nitrogens with zero attached hydrogens (tertiary/aromatic N) is 2. The fraction of sp³-hybridized carbons (Fsp3) is 0.158. The Bertz CT molecular complexity index is 877. The van der Waals surface area contributed by atoms with E-state index in [-0.39, 0.29) is 10.7 Å². The molecule has 2 aromatic carbocycles. The fourth-order valence-electron chi connectivity index (χ4n) is 2.82. The zero-order chi connectivity index (χ0) is 18.1. The Labute approximate surface area is 165 Å². The van der Waals surface area contributed by atoms with Gasteiger partial charge in [-0.3, -0.25) is 9.59 Å². The van der Waals surface area contributed by atoms with Gasteiger partial charge in [0.15, 0.2) is 0 Å². The van der Waals surface area contributed by atoms with E-state index in [2.05, 4.69) is 22.6 Å². The lowest BCUT2D eigenvalue weighted by Crippen LogP contribution is -2.35. The standard InChI is InChI=1S/C19H16ClIN2O2/c1-3-22(15-6-4-5-12(2)11-15)17-16(20)18(24)23(19(17)25)14-9-7-13(21)8-10-14/h4-11H,3H2,1-2H3. The number of benzene rings is 2. The van der Waals surface area contributed by atoms with Crippen LogP contribution in [0.4, 0.5) is 11.4 Å². The van der Waals surface area contributed by atoms with Gasteiger partial charge in [0.2, 0.25) is 0 Å². The van der Waals surface area contributed by atoms with Crippen molar-refractivity contribution in [2.45, 2.75) is 13.8 Å². The molecule has 1 aliphatic rings. The summed E-state index contributed by atoms with van der Waals surface area (Å²) in [7, 11) is 0. The maximum atomic E-state index is 13.0. The molecule has 2 amide bonds. The Morgan fingerprint density at radius 2 is 1.76 bits per heavy atom. The molecule has 0 N–H and O–H groups in total. The SMILES string of the molecule is CCN(C1=C(Cl)C(=O)N(c2ccc(I)cc2)C1=O)c1cccc(C)c1. The van der Waals surface area contributed by atoms with E-state index in [1.807, 2.05) is 50.2 Å². The Kier molecular flexibility index (Phi) is 5.15. The van der Waals surface area contributed by atoms with Crippen LogP contribution in [0.1, 0.15) is 12.5 Å². The van der Waals surface area contributed by atoms with Gasteiger partial charge in [-0.25, -0.2) is 4.90 Å². The second-order valence-electron chi connectivity index (χ2n) is 5.67. The van der Waals surface area contributed by atoms with E-state index < -0.39 is 11.8 Å². The molecule has 1 heterocycles. The lowest BCUT2D eigenvalue weighted by Gasteiger charge is -2.24. The summed E-state index contributed by atoms with van der Waals surface area (Å²) in [5.41, 5.74) is 2.64. The van der Waals surface area contributed by atoms with Gasteiger partial charge in [-0.05, 0) is 78.4 Å². The number of hydrogen-bond donors (Lipinski definition) is 0. The average Bonchev–Trinajstić information content (AvgIpc) is 2.81. The predicted octanol–water partition coefficient (Wildman–Crippen LogP) is 4.45. The van der Waals surface area contributed by atoms with Crippen LogP contribution < -0.4 is 9.80 Å². The minimum atomic E-state index is -0.492. The van der Waals surface area contributed by atoms with Gasteiger partial charge in [0.05, 0.1) is 5.69 Å². The first-order chi connectivity index (χ1) is 11.9. The van der Waals surface area contributed by atoms with Crippen molar-refractivity contribution in [2.75, 3.05) is 16.3 Å². The Hall–Kier alpha value is -1.86. The molecule has 4 nitrogen and oxygen atoms in total. The van der Waals surface area contributed by atoms with Crippen molar-refractivity contribution in [1.29, 1.82) is 0 Å². The molecule has 3 rings (SSSR count). The number of rotatable bonds is 4. The van der Waals surface area contributed by atoms with E-state index in [0.29, 0.717) is 12.2 Å². The smallest absolute Gasteiger partial charge is 0.283 e. The van der Waals surface area contributed by atoms with Crippen LogP contribution in [0.5, 0.6) is 0 Å². The van der Waals surface area contributed by atoms with Crippen LogP contribution in [-0.4, -0.2) is 18.4 Å². The van der Waals surface area contributed by atoms with Crippen molar-refractivity contribution in [2.24, 2.45) is 0 Å². The summed E-state index contributed by atoms with van der Waals surface area (Å²) >= 11 is 8.46. The Morgan fingerprint density at radius 3 is 2.36 bits per heavy atom. The molecule has 0 aromatic heterocycles. The topological polar surface area (TPSA) is 40.6 Å². The van der Waals surface area contributed by atoms with Crippen LogP contribution in [0.2, 0.25) is 0 Å². The minimum absolute atomic E-state index is 0.0492. The largest absolute Gasteiger partial charge is 0.336 e. The van der Waals surface area contributed by atoms with Crippen molar-refractivity contribution >= 4 is 57.4 Å². The van der Waals surface area contributed by atoms with Crippen LogP contribution >= 0.6 is 34.2 Å². The molecule has 0 saturated heterocycles. The van der Waals surface area contributed by atoms with Crippen molar-refractivity contribution in [1.82, 2.24) is 0 Å². The van der Waals surface area contributed by atoms with Gasteiger partial charge < -0.3 is 4.90 Å². The number of hydrogen-bond acceptors (Lipinski definition) is 3. The number of likely N-dealkylation sites (N-methyl/N-ethyl adjacent to an activating group) is 1. The fourth-order valence-corrected chi connectivity index (χ4v) is 3.44. The van der Waals surface area contributed by atoms with Gasteiger partial charge in [0.25, 0.3) is 11.8 Å². The van der Waals surface area contributed by atoms with Gasteiger partial charge in [-0.1, -0.05) is 23.7 Å². The monoisotopic (exact) mass is 466 g/mol. The molecular weight excluding hydrogens is 451 g/mol. The van der Waals surface area contributed by atoms with Crippen LogP contribution in [0.3, 0.4) is 0 Å². The quantitative estimate of drug-likeness (QED) is 0.494. The van der Waals surface area contributed by atoms with Gasteiger partial charge in [0, 0.05) is 15.8 Å². The molecule has 0 unspecified atom stereocenters. The molecule has 0 bridgehead atoms. The summed E-state index contributed by atoms with van der Waals surface area (Å²) < 4.78 is 1.02. The number of carbonyl (C=O) groups is 2. The summed E-state index contributed by atoms with van der Waals surface area (Å²) in [5, 5.41) is -0.0492. The second-order valence-corrected chi connectivity index (χ2v) is 7.29. The summed E-state index contributed by atoms with van der Waals surface area (Å²) in [6.45, 7) is 4.42. The number of aryl methyl sites for hydroxylation is 1. The van der Waals surface area contributed by atoms with E-state index in [0.717, 1.165) is 19.7 Å². The number of anilines is 2. The lowest BCUT2D eigenvalue weighted by atomic mass is 10.2. The first kappa shape index (κ1) is 17.9. The molecule has 1 aliphatic heterocycles. The molecule has 0 aliphatic carbocycles. The Morgan fingerprint density at radius 1 is 1.08 bits per heavy atom. The highest BCUT2D eigenvalue weighted by Gasteiger charge is 2.41. The van der Waals surface area contributed by atoms with E-state index in [1.54, 1.807) is 17.0 Å². The van der Waals surface area contributed by atoms with E-state index in [4.69, 9.17) is 11.6 Å². The van der Waals surface area contributed by atoms with Gasteiger partial charge >= 0.3 is 0 Å². The molecular formula is C19H16ClIN2O2. The zero-order valence-corrected chi connectivity index (χ0v) is 16.7. The molecule has 2 aromatic rings. The molecule has 0 spiro atoms. The summed E-state index contributed by atoms with van der Waals surface area (Å²) in [6, 6.07) is 14.9. The number of amides is 2. The molecule has 0 atom stereocenters. The summed E-state index contributed by atoms with van der Waals surface area (Å²) in [6.07, 6.45) is 0. The van der Waals surface area contributed by atoms with E-state index >= 15 is 0 Å². The van der Waals surface area contributed by atoms with Crippen LogP contribution in [-0.2, 0) is 9.59 Å². The number of carbonyl (C=O) groups excluding carboxylic acids is 2. The highest BCUT2D eigenvalue weighted by Crippen LogP contribution is 2.33. The maximum Gasteiger partial charge on any atom is 0.283 e. The predicted molar refractivity (Wildman–Crippen MR) is 109 cm³/mol. The maximum absolute atomic E-state index is 13.0. The number of imide groups is 1. The number of halogens is 2. The zero-order valence-electron chi connectivity index (χ0n) is 13.8. The molecule has 0 saturated carbocycles. The van der Waals surface area contributed by atoms with Crippen molar-refractivity contribution < 1.29 is 9.59 Å². The van der Waals surface area contributed by atoms with Crippen molar-refractivity contribution in [3.05, 3.63) is 68.4 Å². The van der Waals surface area contributed by atoms with Crippen molar-refractivity contribution in [3.63, 3.8) is 0 Å². The first-order valence-electron chi connectivity index (χ1n) is 7.82. The van der Waals surface area contributed by atoms with Crippen molar-refractivity contribution in [3.8, 4) is 0 Å². The summed E-state index contributed by atoms with van der Waals surface area (Å²) in [4.78, 5) is 28.5. The second kappa shape index (κ2) is 7.17. The van der Waals surface area contributed by atoms with Crippen LogP contribution in [0, 0.1) is 10.5 Å². The normalized spacial score (nSPS) is 14.5. The van der Waals surface area contributed by atoms with Gasteiger partial charge in [-0.15, -0.1) is 0 Å². The lowest BCUT2D eigenvalue weighted by molar-refractivity contribution is -0.120. The highest BCUT2D eigenvalue weighted by atomic mass is 127. The molecule has 0 radical (unpaired) electrons. The molecule has 128 valence electrons. The third-order valence-electron chi connectivity index (χ3n) is 3.99. The van der Waals surface area contributed by atoms with E-state index in [9.17, 15) is 9.59 Å². The average molecular weight is 467 g/mol. The molecule has 6 heteroatoms. The molecule has 25 heavy (non-hydrogen) atoms. The van der Waals surface area contributed by atoms with E-state index in [1.165, 1.54) is 0 Å². The highest BCUT2D eigenvalue weighted by molar-refractivity contribution is 14.1. The van der Waals surface area contributed by atoms with Crippen LogP contribution in [0.15, 0.2) is 59.3 Å². The van der Waals surface area contributed by atoms with Crippen LogP contribution in [0.25, 0.3) is 0 Å². The first-order valence-corrected chi connectivity index (χ1v) is 9.28. The molecule has 0 fully saturated rings. The summed E-state index contributed by atoms with van der Waals surface area (Å²) in [5.74, 6) is -0.895. The van der Waals surface area contributed by atoms with Gasteiger partial charge in [-0.2, -0.15) is 0 Å². The third-order valence-corrected chi connectivity index (χ3v) is 5.05. The third kappa shape index (κ3) is 3.30. The van der Waals surface area contributed by atoms with Gasteiger partial charge in [0.1, 0.15) is 10.7 Å².